The lowest BCUT2D eigenvalue weighted by molar-refractivity contribution is 0.103. The van der Waals surface area contributed by atoms with Crippen LogP contribution in [0.4, 0.5) is 5.13 Å². The molecule has 0 bridgehead atoms. The molecule has 0 saturated heterocycles. The van der Waals surface area contributed by atoms with Gasteiger partial charge in [-0.05, 0) is 42.1 Å². The minimum absolute atomic E-state index is 0.0367. The van der Waals surface area contributed by atoms with Gasteiger partial charge in [0, 0.05) is 29.3 Å². The van der Waals surface area contributed by atoms with Crippen LogP contribution in [0.25, 0.3) is 10.4 Å². The van der Waals surface area contributed by atoms with Crippen molar-refractivity contribution in [3.63, 3.8) is 0 Å². The minimum Gasteiger partial charge on any atom is -0.298 e. The molecule has 27 heavy (non-hydrogen) atoms. The Balaban J connectivity index is 1.38. The van der Waals surface area contributed by atoms with E-state index >= 15 is 0 Å². The van der Waals surface area contributed by atoms with E-state index in [9.17, 15) is 4.79 Å². The number of aromatic nitrogens is 1. The number of hydrogen-bond donors (Lipinski definition) is 1. The van der Waals surface area contributed by atoms with Crippen LogP contribution in [0.15, 0.2) is 30.3 Å². The van der Waals surface area contributed by atoms with E-state index in [2.05, 4.69) is 52.5 Å². The summed E-state index contributed by atoms with van der Waals surface area (Å²) in [5.41, 5.74) is 5.11. The van der Waals surface area contributed by atoms with Crippen LogP contribution in [-0.4, -0.2) is 28.9 Å². The third-order valence-electron chi connectivity index (χ3n) is 5.44. The molecule has 0 radical (unpaired) electrons. The van der Waals surface area contributed by atoms with Gasteiger partial charge in [0.15, 0.2) is 5.13 Å². The highest BCUT2D eigenvalue weighted by atomic mass is 32.1. The number of nitrogens with zero attached hydrogens (tertiary/aromatic N) is 2. The quantitative estimate of drug-likeness (QED) is 0.705. The van der Waals surface area contributed by atoms with Gasteiger partial charge in [-0.25, -0.2) is 4.98 Å². The van der Waals surface area contributed by atoms with Crippen LogP contribution in [0, 0.1) is 0 Å². The van der Waals surface area contributed by atoms with Gasteiger partial charge in [-0.3, -0.25) is 15.0 Å². The van der Waals surface area contributed by atoms with Crippen LogP contribution in [0.2, 0.25) is 0 Å². The number of fused-ring (bicyclic) bond motifs is 4. The third-order valence-corrected chi connectivity index (χ3v) is 7.64. The van der Waals surface area contributed by atoms with Gasteiger partial charge in [-0.1, -0.05) is 31.2 Å². The Morgan fingerprint density at radius 1 is 1.19 bits per heavy atom. The summed E-state index contributed by atoms with van der Waals surface area (Å²) in [7, 11) is 0. The number of carbonyl (C=O) groups is 1. The molecule has 138 valence electrons. The lowest BCUT2D eigenvalue weighted by Crippen LogP contribution is -2.29. The van der Waals surface area contributed by atoms with Crippen LogP contribution in [-0.2, 0) is 25.8 Å². The molecule has 3 heterocycles. The van der Waals surface area contributed by atoms with Crippen molar-refractivity contribution in [2.24, 2.45) is 0 Å². The monoisotopic (exact) mass is 395 g/mol. The van der Waals surface area contributed by atoms with Gasteiger partial charge in [-0.2, -0.15) is 0 Å². The molecule has 1 aliphatic carbocycles. The topological polar surface area (TPSA) is 45.2 Å². The number of amides is 1. The second-order valence-corrected chi connectivity index (χ2v) is 9.22. The largest absolute Gasteiger partial charge is 0.298 e. The number of carbonyl (C=O) groups excluding carboxylic acids is 1. The van der Waals surface area contributed by atoms with Crippen molar-refractivity contribution in [3.05, 3.63) is 56.9 Å². The Hall–Kier alpha value is -2.02. The summed E-state index contributed by atoms with van der Waals surface area (Å²) in [4.78, 5) is 23.2. The van der Waals surface area contributed by atoms with E-state index in [0.29, 0.717) is 0 Å². The highest BCUT2D eigenvalue weighted by Gasteiger charge is 2.23. The molecule has 2 aliphatic rings. The van der Waals surface area contributed by atoms with E-state index in [4.69, 9.17) is 0 Å². The molecule has 5 rings (SSSR count). The van der Waals surface area contributed by atoms with E-state index in [0.717, 1.165) is 54.6 Å². The van der Waals surface area contributed by atoms with Crippen LogP contribution >= 0.6 is 22.7 Å². The molecule has 1 aromatic carbocycles. The van der Waals surface area contributed by atoms with Crippen molar-refractivity contribution >= 4 is 33.7 Å². The van der Waals surface area contributed by atoms with Crippen LogP contribution in [0.3, 0.4) is 0 Å². The Labute approximate surface area is 166 Å². The summed E-state index contributed by atoms with van der Waals surface area (Å²) < 4.78 is 0. The lowest BCUT2D eigenvalue weighted by atomic mass is 9.91. The van der Waals surface area contributed by atoms with Crippen molar-refractivity contribution in [2.45, 2.75) is 32.7 Å². The predicted molar refractivity (Wildman–Crippen MR) is 112 cm³/mol. The van der Waals surface area contributed by atoms with Crippen LogP contribution < -0.4 is 5.32 Å². The molecule has 0 atom stereocenters. The molecular formula is C21H21N3OS2. The maximum atomic E-state index is 12.8. The fourth-order valence-corrected chi connectivity index (χ4v) is 6.13. The summed E-state index contributed by atoms with van der Waals surface area (Å²) in [6, 6.07) is 10.6. The van der Waals surface area contributed by atoms with E-state index < -0.39 is 0 Å². The minimum atomic E-state index is -0.0367. The third kappa shape index (κ3) is 3.12. The molecule has 4 nitrogen and oxygen atoms in total. The zero-order valence-corrected chi connectivity index (χ0v) is 16.9. The summed E-state index contributed by atoms with van der Waals surface area (Å²) in [5, 5.41) is 3.77. The molecule has 1 aliphatic heterocycles. The SMILES string of the molecule is CCN1CCc2nc(NC(=O)c3cc4c(s3)-c3ccccc3CC4)sc2C1. The molecule has 0 spiro atoms. The van der Waals surface area contributed by atoms with Crippen molar-refractivity contribution in [1.82, 2.24) is 9.88 Å². The van der Waals surface area contributed by atoms with E-state index in [1.807, 2.05) is 0 Å². The van der Waals surface area contributed by atoms with E-state index in [1.54, 1.807) is 22.7 Å². The predicted octanol–water partition coefficient (Wildman–Crippen LogP) is 4.60. The summed E-state index contributed by atoms with van der Waals surface area (Å²) >= 11 is 3.22. The van der Waals surface area contributed by atoms with Gasteiger partial charge < -0.3 is 0 Å². The Bertz CT molecular complexity index is 1020. The number of anilines is 1. The molecule has 3 aromatic rings. The normalized spacial score (nSPS) is 15.7. The summed E-state index contributed by atoms with van der Waals surface area (Å²) in [5.74, 6) is -0.0367. The number of aryl methyl sites for hydroxylation is 2. The number of hydrogen-bond acceptors (Lipinski definition) is 5. The average Bonchev–Trinajstić information content (AvgIpc) is 3.30. The van der Waals surface area contributed by atoms with Crippen LogP contribution in [0.1, 0.15) is 38.3 Å². The van der Waals surface area contributed by atoms with E-state index in [-0.39, 0.29) is 5.91 Å². The Kier molecular flexibility index (Phi) is 4.34. The maximum Gasteiger partial charge on any atom is 0.267 e. The smallest absolute Gasteiger partial charge is 0.267 e. The average molecular weight is 396 g/mol. The van der Waals surface area contributed by atoms with Crippen molar-refractivity contribution < 1.29 is 4.79 Å². The molecule has 2 aromatic heterocycles. The molecular weight excluding hydrogens is 374 g/mol. The highest BCUT2D eigenvalue weighted by molar-refractivity contribution is 7.18. The lowest BCUT2D eigenvalue weighted by Gasteiger charge is -2.23. The number of nitrogens with one attached hydrogen (secondary N) is 1. The zero-order chi connectivity index (χ0) is 18.4. The van der Waals surface area contributed by atoms with E-state index in [1.165, 1.54) is 26.4 Å². The van der Waals surface area contributed by atoms with Gasteiger partial charge in [0.2, 0.25) is 0 Å². The Morgan fingerprint density at radius 3 is 2.93 bits per heavy atom. The molecule has 1 amide bonds. The second-order valence-electron chi connectivity index (χ2n) is 7.08. The van der Waals surface area contributed by atoms with Crippen molar-refractivity contribution in [3.8, 4) is 10.4 Å². The summed E-state index contributed by atoms with van der Waals surface area (Å²) in [6.45, 7) is 5.24. The zero-order valence-electron chi connectivity index (χ0n) is 15.2. The molecule has 0 fully saturated rings. The van der Waals surface area contributed by atoms with Crippen molar-refractivity contribution in [2.75, 3.05) is 18.4 Å². The number of rotatable bonds is 3. The number of thiazole rings is 1. The maximum absolute atomic E-state index is 12.8. The van der Waals surface area contributed by atoms with Gasteiger partial charge in [0.05, 0.1) is 10.6 Å². The first-order chi connectivity index (χ1) is 13.2. The first-order valence-corrected chi connectivity index (χ1v) is 11.1. The van der Waals surface area contributed by atoms with Gasteiger partial charge in [0.1, 0.15) is 0 Å². The number of thiophene rings is 1. The van der Waals surface area contributed by atoms with Gasteiger partial charge in [-0.15, -0.1) is 22.7 Å². The van der Waals surface area contributed by atoms with Gasteiger partial charge >= 0.3 is 0 Å². The second kappa shape index (κ2) is 6.86. The molecule has 0 saturated carbocycles. The fraction of sp³-hybridized carbons (Fsp3) is 0.333. The molecule has 0 unspecified atom stereocenters. The molecule has 6 heteroatoms. The van der Waals surface area contributed by atoms with Gasteiger partial charge in [0.25, 0.3) is 5.91 Å². The first-order valence-electron chi connectivity index (χ1n) is 9.44. The van der Waals surface area contributed by atoms with Crippen molar-refractivity contribution in [1.29, 1.82) is 0 Å². The number of likely N-dealkylation sites (N-methyl/N-ethyl adjacent to an activating group) is 1. The summed E-state index contributed by atoms with van der Waals surface area (Å²) in [6.07, 6.45) is 3.03. The highest BCUT2D eigenvalue weighted by Crippen LogP contribution is 2.39. The first kappa shape index (κ1) is 17.1. The molecule has 1 N–H and O–H groups in total. The van der Waals surface area contributed by atoms with Crippen LogP contribution in [0.5, 0.6) is 0 Å². The Morgan fingerprint density at radius 2 is 2.04 bits per heavy atom. The standard InChI is InChI=1S/C21H21N3OS2/c1-2-24-10-9-16-18(12-24)27-21(22-16)23-20(25)17-11-14-8-7-13-5-3-4-6-15(13)19(14)26-17/h3-6,11H,2,7-10,12H2,1H3,(H,22,23,25). The number of benzene rings is 1. The fourth-order valence-electron chi connectivity index (χ4n) is 3.91.